The summed E-state index contributed by atoms with van der Waals surface area (Å²) in [6, 6.07) is 16.0. The Labute approximate surface area is 182 Å². The number of ether oxygens (including phenoxy) is 1. The molecule has 0 saturated heterocycles. The Balaban J connectivity index is 1.77. The van der Waals surface area contributed by atoms with Crippen LogP contribution in [0.15, 0.2) is 60.8 Å². The topological polar surface area (TPSA) is 100 Å². The van der Waals surface area contributed by atoms with Crippen molar-refractivity contribution in [3.05, 3.63) is 88.2 Å². The molecule has 0 saturated carbocycles. The number of halogens is 1. The van der Waals surface area contributed by atoms with Gasteiger partial charge in [0.15, 0.2) is 11.7 Å². The quantitative estimate of drug-likeness (QED) is 0.446. The van der Waals surface area contributed by atoms with Gasteiger partial charge in [-0.05, 0) is 30.3 Å². The van der Waals surface area contributed by atoms with Crippen molar-refractivity contribution in [1.29, 1.82) is 5.26 Å². The smallest absolute Gasteiger partial charge is 0.266 e. The van der Waals surface area contributed by atoms with E-state index >= 15 is 0 Å². The van der Waals surface area contributed by atoms with Crippen molar-refractivity contribution in [2.75, 3.05) is 12.0 Å². The molecule has 0 radical (unpaired) electrons. The number of nitrogens with zero attached hydrogens (tertiary/aromatic N) is 3. The van der Waals surface area contributed by atoms with Gasteiger partial charge in [0.1, 0.15) is 5.75 Å². The maximum absolute atomic E-state index is 13.1. The first-order chi connectivity index (χ1) is 15.0. The number of methoxy groups -OCH3 is 1. The molecule has 2 amide bonds. The van der Waals surface area contributed by atoms with Gasteiger partial charge in [0.05, 0.1) is 46.3 Å². The summed E-state index contributed by atoms with van der Waals surface area (Å²) in [4.78, 5) is 43.7. The normalized spacial score (nSPS) is 13.5. The Morgan fingerprint density at radius 1 is 1.10 bits per heavy atom. The molecule has 1 aliphatic heterocycles. The maximum Gasteiger partial charge on any atom is 0.266 e. The van der Waals surface area contributed by atoms with E-state index in [1.165, 1.54) is 25.4 Å². The molecule has 2 heterocycles. The number of rotatable bonds is 5. The zero-order valence-corrected chi connectivity index (χ0v) is 17.0. The second-order valence-electron chi connectivity index (χ2n) is 6.68. The van der Waals surface area contributed by atoms with Gasteiger partial charge in [0.2, 0.25) is 0 Å². The van der Waals surface area contributed by atoms with Gasteiger partial charge in [-0.25, -0.2) is 4.90 Å². The number of carbonyl (C=O) groups is 3. The summed E-state index contributed by atoms with van der Waals surface area (Å²) in [5.74, 6) is -2.69. The molecule has 7 nitrogen and oxygen atoms in total. The molecule has 8 heteroatoms. The van der Waals surface area contributed by atoms with E-state index in [9.17, 15) is 19.6 Å². The SMILES string of the molecule is COc1cc(N2C(=O)c3ccccc3C2=O)c(Cl)cc1C(=O)[C@@H](C#N)c1ccccn1. The van der Waals surface area contributed by atoms with Gasteiger partial charge in [-0.15, -0.1) is 0 Å². The minimum Gasteiger partial charge on any atom is -0.496 e. The zero-order valence-electron chi connectivity index (χ0n) is 16.2. The molecule has 1 aliphatic rings. The summed E-state index contributed by atoms with van der Waals surface area (Å²) in [7, 11) is 1.34. The van der Waals surface area contributed by atoms with Crippen molar-refractivity contribution in [2.45, 2.75) is 5.92 Å². The number of imide groups is 1. The number of aromatic nitrogens is 1. The highest BCUT2D eigenvalue weighted by molar-refractivity contribution is 6.40. The minimum atomic E-state index is -1.17. The van der Waals surface area contributed by atoms with Crippen LogP contribution in [0, 0.1) is 11.3 Å². The highest BCUT2D eigenvalue weighted by Gasteiger charge is 2.38. The standard InChI is InChI=1S/C23H14ClN3O4/c1-31-20-11-19(27-22(29)13-6-2-3-7-14(13)23(27)30)17(24)10-15(20)21(28)16(12-25)18-8-4-5-9-26-18/h2-11,16H,1H3/t16-/m0/s1. The maximum atomic E-state index is 13.1. The van der Waals surface area contributed by atoms with Crippen molar-refractivity contribution in [2.24, 2.45) is 0 Å². The third kappa shape index (κ3) is 3.33. The highest BCUT2D eigenvalue weighted by atomic mass is 35.5. The molecular formula is C23H14ClN3O4. The third-order valence-corrected chi connectivity index (χ3v) is 5.25. The lowest BCUT2D eigenvalue weighted by molar-refractivity contribution is 0.0924. The lowest BCUT2D eigenvalue weighted by Gasteiger charge is -2.19. The second kappa shape index (κ2) is 8.01. The Morgan fingerprint density at radius 2 is 1.74 bits per heavy atom. The van der Waals surface area contributed by atoms with E-state index in [0.717, 1.165) is 4.90 Å². The van der Waals surface area contributed by atoms with E-state index in [2.05, 4.69) is 4.98 Å². The van der Waals surface area contributed by atoms with Crippen LogP contribution in [-0.2, 0) is 0 Å². The van der Waals surface area contributed by atoms with Gasteiger partial charge in [-0.1, -0.05) is 29.8 Å². The van der Waals surface area contributed by atoms with Crippen molar-refractivity contribution in [1.82, 2.24) is 4.98 Å². The van der Waals surface area contributed by atoms with Crippen LogP contribution in [0.3, 0.4) is 0 Å². The van der Waals surface area contributed by atoms with E-state index in [1.807, 2.05) is 6.07 Å². The molecule has 0 spiro atoms. The fourth-order valence-electron chi connectivity index (χ4n) is 3.44. The van der Waals surface area contributed by atoms with Crippen LogP contribution in [0.25, 0.3) is 0 Å². The zero-order chi connectivity index (χ0) is 22.1. The monoisotopic (exact) mass is 431 g/mol. The largest absolute Gasteiger partial charge is 0.496 e. The molecule has 0 N–H and O–H groups in total. The molecular weight excluding hydrogens is 418 g/mol. The van der Waals surface area contributed by atoms with E-state index < -0.39 is 23.5 Å². The first-order valence-electron chi connectivity index (χ1n) is 9.18. The van der Waals surface area contributed by atoms with Crippen molar-refractivity contribution in [3.8, 4) is 11.8 Å². The first-order valence-corrected chi connectivity index (χ1v) is 9.55. The van der Waals surface area contributed by atoms with Gasteiger partial charge >= 0.3 is 0 Å². The number of Topliss-reactive ketones (excluding diaryl/α,β-unsaturated/α-hetero) is 1. The lowest BCUT2D eigenvalue weighted by Crippen LogP contribution is -2.29. The minimum absolute atomic E-state index is 0.00336. The number of anilines is 1. The highest BCUT2D eigenvalue weighted by Crippen LogP contribution is 2.39. The Hall–Kier alpha value is -4.02. The predicted octanol–water partition coefficient (Wildman–Crippen LogP) is 4.03. The number of carbonyl (C=O) groups excluding carboxylic acids is 3. The molecule has 152 valence electrons. The molecule has 3 aromatic rings. The number of benzene rings is 2. The Kier molecular flexibility index (Phi) is 5.24. The molecule has 1 aromatic heterocycles. The van der Waals surface area contributed by atoms with E-state index in [0.29, 0.717) is 0 Å². The van der Waals surface area contributed by atoms with Crippen LogP contribution in [0.5, 0.6) is 5.75 Å². The summed E-state index contributed by atoms with van der Waals surface area (Å²) in [5.41, 5.74) is 0.958. The number of amides is 2. The fraction of sp³-hybridized carbons (Fsp3) is 0.0870. The summed E-state index contributed by atoms with van der Waals surface area (Å²) < 4.78 is 5.34. The lowest BCUT2D eigenvalue weighted by atomic mass is 9.94. The number of fused-ring (bicyclic) bond motifs is 1. The molecule has 0 bridgehead atoms. The summed E-state index contributed by atoms with van der Waals surface area (Å²) in [6.45, 7) is 0. The van der Waals surface area contributed by atoms with Gasteiger partial charge in [0, 0.05) is 12.3 Å². The molecule has 1 atom stereocenters. The molecule has 0 unspecified atom stereocenters. The van der Waals surface area contributed by atoms with E-state index in [1.54, 1.807) is 42.5 Å². The first kappa shape index (κ1) is 20.3. The van der Waals surface area contributed by atoms with Gasteiger partial charge in [-0.2, -0.15) is 5.26 Å². The van der Waals surface area contributed by atoms with Crippen LogP contribution in [0.2, 0.25) is 5.02 Å². The van der Waals surface area contributed by atoms with Crippen LogP contribution in [0.4, 0.5) is 5.69 Å². The summed E-state index contributed by atoms with van der Waals surface area (Å²) in [5, 5.41) is 9.56. The number of pyridine rings is 1. The predicted molar refractivity (Wildman–Crippen MR) is 113 cm³/mol. The Bertz CT molecular complexity index is 1230. The number of nitriles is 1. The molecule has 4 rings (SSSR count). The average Bonchev–Trinajstić information content (AvgIpc) is 3.05. The van der Waals surface area contributed by atoms with E-state index in [-0.39, 0.29) is 38.8 Å². The van der Waals surface area contributed by atoms with Gasteiger partial charge in [-0.3, -0.25) is 19.4 Å². The fourth-order valence-corrected chi connectivity index (χ4v) is 3.69. The summed E-state index contributed by atoms with van der Waals surface area (Å²) in [6.07, 6.45) is 1.49. The molecule has 0 aliphatic carbocycles. The molecule has 2 aromatic carbocycles. The van der Waals surface area contributed by atoms with Crippen LogP contribution in [0.1, 0.15) is 42.7 Å². The van der Waals surface area contributed by atoms with Crippen LogP contribution < -0.4 is 9.64 Å². The van der Waals surface area contributed by atoms with Gasteiger partial charge < -0.3 is 4.74 Å². The van der Waals surface area contributed by atoms with Crippen LogP contribution >= 0.6 is 11.6 Å². The summed E-state index contributed by atoms with van der Waals surface area (Å²) >= 11 is 6.40. The van der Waals surface area contributed by atoms with E-state index in [4.69, 9.17) is 16.3 Å². The number of hydrogen-bond acceptors (Lipinski definition) is 6. The molecule has 31 heavy (non-hydrogen) atoms. The third-order valence-electron chi connectivity index (χ3n) is 4.94. The van der Waals surface area contributed by atoms with Crippen LogP contribution in [-0.4, -0.2) is 29.7 Å². The number of hydrogen-bond donors (Lipinski definition) is 0. The van der Waals surface area contributed by atoms with Crippen molar-refractivity contribution in [3.63, 3.8) is 0 Å². The Morgan fingerprint density at radius 3 is 2.29 bits per heavy atom. The number of ketones is 1. The second-order valence-corrected chi connectivity index (χ2v) is 7.08. The van der Waals surface area contributed by atoms with Crippen molar-refractivity contribution >= 4 is 34.9 Å². The van der Waals surface area contributed by atoms with Gasteiger partial charge in [0.25, 0.3) is 11.8 Å². The van der Waals surface area contributed by atoms with Crippen molar-refractivity contribution < 1.29 is 19.1 Å². The average molecular weight is 432 g/mol. The molecule has 0 fully saturated rings.